The smallest absolute Gasteiger partial charge is 0.155 e. The number of rotatable bonds is 2. The SMILES string of the molecule is CBC1CCCCCCC(C)(BI)CCC1. The molecule has 1 saturated carbocycles. The van der Waals surface area contributed by atoms with E-state index in [1.54, 1.807) is 0 Å². The Morgan fingerprint density at radius 2 is 1.62 bits per heavy atom. The average molecular weight is 332 g/mol. The summed E-state index contributed by atoms with van der Waals surface area (Å²) >= 11 is 2.60. The van der Waals surface area contributed by atoms with Crippen LogP contribution in [0.25, 0.3) is 0 Å². The minimum Gasteiger partial charge on any atom is -0.155 e. The molecule has 0 N–H and O–H groups in total. The summed E-state index contributed by atoms with van der Waals surface area (Å²) in [5, 5.41) is 1.99. The molecule has 0 aromatic heterocycles. The van der Waals surface area contributed by atoms with Crippen molar-refractivity contribution in [1.82, 2.24) is 0 Å². The first-order chi connectivity index (χ1) is 7.70. The van der Waals surface area contributed by atoms with E-state index < -0.39 is 0 Å². The fourth-order valence-corrected chi connectivity index (χ4v) is 3.73. The highest BCUT2D eigenvalue weighted by Gasteiger charge is 2.24. The number of halogens is 1. The van der Waals surface area contributed by atoms with Gasteiger partial charge in [-0.15, -0.1) is 0 Å². The molecule has 0 saturated heterocycles. The van der Waals surface area contributed by atoms with Crippen LogP contribution in [0.2, 0.25) is 18.0 Å². The van der Waals surface area contributed by atoms with Crippen LogP contribution >= 0.6 is 22.4 Å². The first kappa shape index (κ1) is 14.9. The van der Waals surface area contributed by atoms with Crippen molar-refractivity contribution in [3.8, 4) is 0 Å². The minimum atomic E-state index is 0.642. The largest absolute Gasteiger partial charge is 0.206 e. The monoisotopic (exact) mass is 332 g/mol. The third-order valence-electron chi connectivity index (χ3n) is 4.44. The van der Waals surface area contributed by atoms with Gasteiger partial charge in [0.1, 0.15) is 7.28 Å². The second-order valence-electron chi connectivity index (χ2n) is 6.06. The number of hydrogen-bond acceptors (Lipinski definition) is 0. The molecule has 0 amide bonds. The molecular formula is C13H27B2I. The molecule has 0 aliphatic heterocycles. The Balaban J connectivity index is 2.45. The molecule has 16 heavy (non-hydrogen) atoms. The van der Waals surface area contributed by atoms with Crippen molar-refractivity contribution >= 4 is 34.8 Å². The van der Waals surface area contributed by atoms with E-state index in [4.69, 9.17) is 0 Å². The molecule has 0 aromatic carbocycles. The molecule has 3 heteroatoms. The summed E-state index contributed by atoms with van der Waals surface area (Å²) < 4.78 is 0. The van der Waals surface area contributed by atoms with Crippen LogP contribution < -0.4 is 0 Å². The van der Waals surface area contributed by atoms with E-state index in [9.17, 15) is 0 Å². The Kier molecular flexibility index (Phi) is 7.50. The summed E-state index contributed by atoms with van der Waals surface area (Å²) in [7, 11) is 1.40. The van der Waals surface area contributed by atoms with E-state index in [0.29, 0.717) is 5.31 Å². The zero-order valence-corrected chi connectivity index (χ0v) is 13.4. The van der Waals surface area contributed by atoms with Gasteiger partial charge < -0.3 is 0 Å². The van der Waals surface area contributed by atoms with Crippen molar-refractivity contribution < 1.29 is 0 Å². The van der Waals surface area contributed by atoms with Crippen molar-refractivity contribution in [1.29, 1.82) is 0 Å². The quantitative estimate of drug-likeness (QED) is 0.506. The molecular weight excluding hydrogens is 305 g/mol. The lowest BCUT2D eigenvalue weighted by atomic mass is 9.61. The molecule has 2 atom stereocenters. The normalized spacial score (nSPS) is 33.8. The summed E-state index contributed by atoms with van der Waals surface area (Å²) in [4.78, 5) is 0. The van der Waals surface area contributed by atoms with Gasteiger partial charge in [0.15, 0.2) is 0 Å². The van der Waals surface area contributed by atoms with Gasteiger partial charge >= 0.3 is 0 Å². The van der Waals surface area contributed by atoms with Crippen molar-refractivity contribution in [3.63, 3.8) is 0 Å². The fraction of sp³-hybridized carbons (Fsp3) is 1.00. The summed E-state index contributed by atoms with van der Waals surface area (Å²) in [5.74, 6) is 1.02. The van der Waals surface area contributed by atoms with E-state index in [0.717, 1.165) is 5.82 Å². The van der Waals surface area contributed by atoms with E-state index >= 15 is 0 Å². The molecule has 0 bridgehead atoms. The standard InChI is InChI=1S/C13H27B2I/c1-13(15-16)10-6-4-3-5-8-12(14-2)9-7-11-13/h12,14-15H,3-11H2,1-2H3. The second kappa shape index (κ2) is 8.05. The maximum absolute atomic E-state index is 2.60. The molecule has 1 rings (SSSR count). The lowest BCUT2D eigenvalue weighted by molar-refractivity contribution is 0.467. The van der Waals surface area contributed by atoms with Gasteiger partial charge in [0.05, 0.1) is 0 Å². The summed E-state index contributed by atoms with van der Waals surface area (Å²) in [6.07, 6.45) is 13.3. The molecule has 92 valence electrons. The van der Waals surface area contributed by atoms with Crippen LogP contribution in [0.5, 0.6) is 0 Å². The lowest BCUT2D eigenvalue weighted by Gasteiger charge is -2.27. The highest BCUT2D eigenvalue weighted by atomic mass is 127. The van der Waals surface area contributed by atoms with Crippen LogP contribution in [0, 0.1) is 0 Å². The van der Waals surface area contributed by atoms with Gasteiger partial charge in [-0.25, -0.2) is 0 Å². The van der Waals surface area contributed by atoms with Gasteiger partial charge in [-0.05, 0) is 5.31 Å². The van der Waals surface area contributed by atoms with Crippen LogP contribution in [0.3, 0.4) is 0 Å². The summed E-state index contributed by atoms with van der Waals surface area (Å²) in [6.45, 7) is 4.89. The highest BCUT2D eigenvalue weighted by Crippen LogP contribution is 2.40. The Morgan fingerprint density at radius 1 is 1.00 bits per heavy atom. The topological polar surface area (TPSA) is 0 Å². The van der Waals surface area contributed by atoms with Crippen molar-refractivity contribution in [2.75, 3.05) is 0 Å². The van der Waals surface area contributed by atoms with Crippen LogP contribution in [0.4, 0.5) is 0 Å². The predicted molar refractivity (Wildman–Crippen MR) is 87.9 cm³/mol. The first-order valence-corrected chi connectivity index (χ1v) is 8.79. The molecule has 1 aliphatic carbocycles. The van der Waals surface area contributed by atoms with Gasteiger partial charge in [0.2, 0.25) is 5.14 Å². The van der Waals surface area contributed by atoms with Gasteiger partial charge in [-0.3, -0.25) is 0 Å². The van der Waals surface area contributed by atoms with Crippen LogP contribution in [0.15, 0.2) is 0 Å². The maximum Gasteiger partial charge on any atom is 0.206 e. The molecule has 0 nitrogen and oxygen atoms in total. The fourth-order valence-electron chi connectivity index (χ4n) is 2.97. The predicted octanol–water partition coefficient (Wildman–Crippen LogP) is 4.75. The van der Waals surface area contributed by atoms with E-state index in [-0.39, 0.29) is 0 Å². The number of hydrogen-bond donors (Lipinski definition) is 0. The van der Waals surface area contributed by atoms with Crippen LogP contribution in [0.1, 0.15) is 64.7 Å². The minimum absolute atomic E-state index is 0.642. The highest BCUT2D eigenvalue weighted by molar-refractivity contribution is 14.1. The van der Waals surface area contributed by atoms with Crippen molar-refractivity contribution in [3.05, 3.63) is 0 Å². The molecule has 1 aliphatic rings. The second-order valence-corrected chi connectivity index (χ2v) is 6.83. The molecule has 1 fully saturated rings. The maximum atomic E-state index is 2.60. The molecule has 0 aromatic rings. The van der Waals surface area contributed by atoms with E-state index in [1.165, 1.54) is 70.2 Å². The third kappa shape index (κ3) is 5.46. The van der Waals surface area contributed by atoms with Gasteiger partial charge in [-0.1, -0.05) is 77.4 Å². The third-order valence-corrected chi connectivity index (χ3v) is 6.28. The van der Waals surface area contributed by atoms with E-state index in [2.05, 4.69) is 36.1 Å². The Hall–Kier alpha value is 0.860. The van der Waals surface area contributed by atoms with Crippen LogP contribution in [-0.2, 0) is 0 Å². The zero-order chi connectivity index (χ0) is 11.9. The van der Waals surface area contributed by atoms with Gasteiger partial charge in [0, 0.05) is 0 Å². The molecule has 0 spiro atoms. The van der Waals surface area contributed by atoms with Crippen molar-refractivity contribution in [2.45, 2.75) is 82.7 Å². The van der Waals surface area contributed by atoms with Crippen LogP contribution in [-0.4, -0.2) is 12.4 Å². The summed E-state index contributed by atoms with van der Waals surface area (Å²) in [6, 6.07) is 0. The van der Waals surface area contributed by atoms with Gasteiger partial charge in [0.25, 0.3) is 0 Å². The van der Waals surface area contributed by atoms with E-state index in [1.807, 2.05) is 0 Å². The first-order valence-electron chi connectivity index (χ1n) is 7.26. The van der Waals surface area contributed by atoms with Gasteiger partial charge in [-0.2, -0.15) is 22.4 Å². The molecule has 0 radical (unpaired) electrons. The zero-order valence-electron chi connectivity index (χ0n) is 11.2. The lowest BCUT2D eigenvalue weighted by Crippen LogP contribution is -2.13. The summed E-state index contributed by atoms with van der Waals surface area (Å²) in [5.41, 5.74) is 0. The molecule has 2 unspecified atom stereocenters. The molecule has 0 heterocycles. The Labute approximate surface area is 117 Å². The van der Waals surface area contributed by atoms with Crippen molar-refractivity contribution in [2.24, 2.45) is 0 Å². The Morgan fingerprint density at radius 3 is 2.31 bits per heavy atom. The average Bonchev–Trinajstić information content (AvgIpc) is 2.34. The Bertz CT molecular complexity index is 187.